The Morgan fingerprint density at radius 1 is 0.960 bits per heavy atom. The van der Waals surface area contributed by atoms with Gasteiger partial charge >= 0.3 is 0 Å². The Labute approximate surface area is 146 Å². The van der Waals surface area contributed by atoms with Gasteiger partial charge in [0.2, 0.25) is 5.78 Å². The Kier molecular flexibility index (Phi) is 3.90. The molecule has 0 aliphatic carbocycles. The van der Waals surface area contributed by atoms with Gasteiger partial charge in [0.25, 0.3) is 0 Å². The van der Waals surface area contributed by atoms with Crippen LogP contribution in [-0.2, 0) is 6.54 Å². The summed E-state index contributed by atoms with van der Waals surface area (Å²) in [6, 6.07) is 21.6. The fraction of sp³-hybridized carbons (Fsp3) is 0.0909. The first-order valence-electron chi connectivity index (χ1n) is 8.31. The van der Waals surface area contributed by atoms with Gasteiger partial charge in [0.1, 0.15) is 0 Å². The van der Waals surface area contributed by atoms with Crippen molar-refractivity contribution in [2.45, 2.75) is 13.5 Å². The third-order valence-corrected chi connectivity index (χ3v) is 4.46. The van der Waals surface area contributed by atoms with Gasteiger partial charge in [-0.15, -0.1) is 0 Å². The number of rotatable bonds is 4. The van der Waals surface area contributed by atoms with Crippen molar-refractivity contribution in [3.05, 3.63) is 102 Å². The van der Waals surface area contributed by atoms with Gasteiger partial charge in [0, 0.05) is 29.9 Å². The van der Waals surface area contributed by atoms with Gasteiger partial charge in [-0.25, -0.2) is 0 Å². The summed E-state index contributed by atoms with van der Waals surface area (Å²) in [5.41, 5.74) is 4.68. The number of carbonyl (C=O) groups excluding carboxylic acids is 1. The van der Waals surface area contributed by atoms with Crippen molar-refractivity contribution in [2.24, 2.45) is 0 Å². The van der Waals surface area contributed by atoms with Gasteiger partial charge in [-0.3, -0.25) is 9.78 Å². The molecule has 0 saturated heterocycles. The summed E-state index contributed by atoms with van der Waals surface area (Å²) in [7, 11) is 0. The minimum atomic E-state index is 0.0448. The first-order valence-corrected chi connectivity index (χ1v) is 8.31. The van der Waals surface area contributed by atoms with E-state index in [1.807, 2.05) is 84.5 Å². The zero-order valence-electron chi connectivity index (χ0n) is 14.0. The summed E-state index contributed by atoms with van der Waals surface area (Å²) in [6.07, 6.45) is 3.78. The zero-order chi connectivity index (χ0) is 17.2. The molecule has 0 fully saturated rings. The molecule has 2 aromatic carbocycles. The largest absolute Gasteiger partial charge is 0.340 e. The third-order valence-electron chi connectivity index (χ3n) is 4.46. The Hall–Kier alpha value is -3.20. The van der Waals surface area contributed by atoms with Gasteiger partial charge in [-0.1, -0.05) is 48.0 Å². The molecule has 0 N–H and O–H groups in total. The number of ketones is 1. The fourth-order valence-corrected chi connectivity index (χ4v) is 3.09. The Bertz CT molecular complexity index is 1040. The molecule has 0 saturated carbocycles. The molecule has 0 spiro atoms. The van der Waals surface area contributed by atoms with Gasteiger partial charge in [0.15, 0.2) is 0 Å². The maximum absolute atomic E-state index is 12.9. The van der Waals surface area contributed by atoms with E-state index in [1.165, 1.54) is 0 Å². The van der Waals surface area contributed by atoms with E-state index in [-0.39, 0.29) is 5.78 Å². The van der Waals surface area contributed by atoms with Crippen LogP contribution in [0.3, 0.4) is 0 Å². The number of aryl methyl sites for hydroxylation is 1. The van der Waals surface area contributed by atoms with Crippen molar-refractivity contribution < 1.29 is 4.79 Å². The Morgan fingerprint density at radius 3 is 2.60 bits per heavy atom. The number of pyridine rings is 1. The SMILES string of the molecule is Cc1ccc(C(=O)c2cccn2Cc2ccnc3ccccc23)cc1. The molecule has 4 aromatic rings. The van der Waals surface area contributed by atoms with Crippen LogP contribution in [-0.4, -0.2) is 15.3 Å². The molecule has 0 aliphatic heterocycles. The maximum Gasteiger partial charge on any atom is 0.209 e. The molecule has 0 unspecified atom stereocenters. The highest BCUT2D eigenvalue weighted by molar-refractivity contribution is 6.08. The molecule has 3 nitrogen and oxygen atoms in total. The van der Waals surface area contributed by atoms with Crippen LogP contribution in [0.1, 0.15) is 27.2 Å². The van der Waals surface area contributed by atoms with E-state index in [0.29, 0.717) is 17.8 Å². The summed E-state index contributed by atoms with van der Waals surface area (Å²) in [6.45, 7) is 2.66. The maximum atomic E-state index is 12.9. The fourth-order valence-electron chi connectivity index (χ4n) is 3.09. The number of hydrogen-bond acceptors (Lipinski definition) is 2. The molecule has 25 heavy (non-hydrogen) atoms. The lowest BCUT2D eigenvalue weighted by molar-refractivity contribution is 0.103. The van der Waals surface area contributed by atoms with E-state index in [2.05, 4.69) is 11.1 Å². The number of carbonyl (C=O) groups is 1. The molecule has 0 aliphatic rings. The summed E-state index contributed by atoms with van der Waals surface area (Å²) in [5.74, 6) is 0.0448. The molecular formula is C22H18N2O. The molecule has 4 rings (SSSR count). The molecule has 0 radical (unpaired) electrons. The number of fused-ring (bicyclic) bond motifs is 1. The quantitative estimate of drug-likeness (QED) is 0.513. The normalized spacial score (nSPS) is 10.9. The number of benzene rings is 2. The van der Waals surface area contributed by atoms with Gasteiger partial charge in [-0.2, -0.15) is 0 Å². The first-order chi connectivity index (χ1) is 12.2. The van der Waals surface area contributed by atoms with Crippen LogP contribution < -0.4 is 0 Å². The number of nitrogens with zero attached hydrogens (tertiary/aromatic N) is 2. The zero-order valence-corrected chi connectivity index (χ0v) is 14.0. The van der Waals surface area contributed by atoms with Crippen molar-refractivity contribution in [1.82, 2.24) is 9.55 Å². The topological polar surface area (TPSA) is 34.9 Å². The molecule has 0 amide bonds. The molecule has 0 atom stereocenters. The summed E-state index contributed by atoms with van der Waals surface area (Å²) in [4.78, 5) is 17.3. The van der Waals surface area contributed by atoms with Crippen LogP contribution in [0.5, 0.6) is 0 Å². The predicted octanol–water partition coefficient (Wildman–Crippen LogP) is 4.62. The van der Waals surface area contributed by atoms with E-state index in [0.717, 1.165) is 22.0 Å². The van der Waals surface area contributed by atoms with E-state index < -0.39 is 0 Å². The summed E-state index contributed by atoms with van der Waals surface area (Å²) in [5, 5.41) is 1.12. The van der Waals surface area contributed by atoms with E-state index >= 15 is 0 Å². The monoisotopic (exact) mass is 326 g/mol. The Balaban J connectivity index is 1.70. The van der Waals surface area contributed by atoms with Crippen molar-refractivity contribution in [1.29, 1.82) is 0 Å². The molecule has 2 heterocycles. The average Bonchev–Trinajstić information content (AvgIpc) is 3.10. The van der Waals surface area contributed by atoms with Crippen molar-refractivity contribution in [3.63, 3.8) is 0 Å². The van der Waals surface area contributed by atoms with Crippen LogP contribution in [0.15, 0.2) is 79.1 Å². The van der Waals surface area contributed by atoms with Crippen LogP contribution in [0.25, 0.3) is 10.9 Å². The average molecular weight is 326 g/mol. The highest BCUT2D eigenvalue weighted by atomic mass is 16.1. The number of aromatic nitrogens is 2. The number of hydrogen-bond donors (Lipinski definition) is 0. The highest BCUT2D eigenvalue weighted by Gasteiger charge is 2.14. The molecule has 122 valence electrons. The van der Waals surface area contributed by atoms with Crippen LogP contribution in [0.2, 0.25) is 0 Å². The van der Waals surface area contributed by atoms with E-state index in [9.17, 15) is 4.79 Å². The van der Waals surface area contributed by atoms with Gasteiger partial charge in [0.05, 0.1) is 11.2 Å². The predicted molar refractivity (Wildman–Crippen MR) is 99.9 cm³/mol. The van der Waals surface area contributed by atoms with Gasteiger partial charge < -0.3 is 4.57 Å². The second-order valence-corrected chi connectivity index (χ2v) is 6.20. The second kappa shape index (κ2) is 6.36. The molecular weight excluding hydrogens is 308 g/mol. The minimum absolute atomic E-state index is 0.0448. The third kappa shape index (κ3) is 2.96. The van der Waals surface area contributed by atoms with Crippen LogP contribution in [0, 0.1) is 6.92 Å². The lowest BCUT2D eigenvalue weighted by atomic mass is 10.1. The lowest BCUT2D eigenvalue weighted by Gasteiger charge is -2.11. The summed E-state index contributed by atoms with van der Waals surface area (Å²) < 4.78 is 2.00. The molecule has 0 bridgehead atoms. The Morgan fingerprint density at radius 2 is 1.76 bits per heavy atom. The van der Waals surface area contributed by atoms with E-state index in [1.54, 1.807) is 0 Å². The van der Waals surface area contributed by atoms with Crippen LogP contribution >= 0.6 is 0 Å². The minimum Gasteiger partial charge on any atom is -0.340 e. The second-order valence-electron chi connectivity index (χ2n) is 6.20. The van der Waals surface area contributed by atoms with Crippen molar-refractivity contribution in [2.75, 3.05) is 0 Å². The highest BCUT2D eigenvalue weighted by Crippen LogP contribution is 2.19. The number of para-hydroxylation sites is 1. The smallest absolute Gasteiger partial charge is 0.209 e. The van der Waals surface area contributed by atoms with Crippen LogP contribution in [0.4, 0.5) is 0 Å². The summed E-state index contributed by atoms with van der Waals surface area (Å²) >= 11 is 0. The van der Waals surface area contributed by atoms with Gasteiger partial charge in [-0.05, 0) is 36.8 Å². The first kappa shape index (κ1) is 15.3. The molecule has 3 heteroatoms. The molecule has 2 aromatic heterocycles. The van der Waals surface area contributed by atoms with Crippen molar-refractivity contribution >= 4 is 16.7 Å². The standard InChI is InChI=1S/C22H18N2O/c1-16-8-10-17(11-9-16)22(25)21-7-4-14-24(21)15-18-12-13-23-20-6-3-2-5-19(18)20/h2-14H,15H2,1H3. The van der Waals surface area contributed by atoms with Crippen molar-refractivity contribution in [3.8, 4) is 0 Å². The van der Waals surface area contributed by atoms with E-state index in [4.69, 9.17) is 0 Å². The lowest BCUT2D eigenvalue weighted by Crippen LogP contribution is -2.11.